The smallest absolute Gasteiger partial charge is 0.263 e. The molecule has 12 heavy (non-hydrogen) atoms. The van der Waals surface area contributed by atoms with E-state index in [0.717, 1.165) is 11.3 Å². The van der Waals surface area contributed by atoms with Crippen LogP contribution in [0.3, 0.4) is 0 Å². The van der Waals surface area contributed by atoms with Gasteiger partial charge in [0.25, 0.3) is 5.91 Å². The van der Waals surface area contributed by atoms with Crippen LogP contribution in [0.4, 0.5) is 0 Å². The molecule has 1 aromatic heterocycles. The Morgan fingerprint density at radius 2 is 2.50 bits per heavy atom. The van der Waals surface area contributed by atoms with Crippen molar-refractivity contribution in [2.45, 2.75) is 13.0 Å². The number of nitrogens with two attached hydrogens (primary N) is 1. The first-order chi connectivity index (χ1) is 5.70. The first-order valence-electron chi connectivity index (χ1n) is 3.70. The zero-order valence-corrected chi connectivity index (χ0v) is 7.44. The van der Waals surface area contributed by atoms with Crippen molar-refractivity contribution in [2.75, 3.05) is 6.54 Å². The zero-order chi connectivity index (χ0) is 8.72. The van der Waals surface area contributed by atoms with Crippen LogP contribution >= 0.6 is 11.5 Å². The van der Waals surface area contributed by atoms with Crippen LogP contribution in [0.25, 0.3) is 0 Å². The number of aryl methyl sites for hydroxylation is 1. The molecule has 0 bridgehead atoms. The number of amides is 1. The SMILES string of the molecule is Cc1nsc2c1C(N)CNC2=O. The third-order valence-corrected chi connectivity index (χ3v) is 2.92. The normalized spacial score (nSPS) is 21.8. The second-order valence-electron chi connectivity index (χ2n) is 2.83. The minimum atomic E-state index is -0.0866. The summed E-state index contributed by atoms with van der Waals surface area (Å²) in [4.78, 5) is 11.9. The summed E-state index contributed by atoms with van der Waals surface area (Å²) in [5, 5.41) is 2.71. The van der Waals surface area contributed by atoms with Gasteiger partial charge in [0.05, 0.1) is 11.7 Å². The molecule has 1 aliphatic heterocycles. The molecule has 0 saturated heterocycles. The molecule has 1 aliphatic rings. The van der Waals surface area contributed by atoms with Crippen molar-refractivity contribution in [3.05, 3.63) is 16.1 Å². The van der Waals surface area contributed by atoms with Crippen molar-refractivity contribution in [3.8, 4) is 0 Å². The van der Waals surface area contributed by atoms with Crippen LogP contribution in [0.15, 0.2) is 0 Å². The predicted octanol–water partition coefficient (Wildman–Crippen LogP) is 0.195. The van der Waals surface area contributed by atoms with E-state index in [1.165, 1.54) is 11.5 Å². The zero-order valence-electron chi connectivity index (χ0n) is 6.63. The van der Waals surface area contributed by atoms with E-state index in [-0.39, 0.29) is 11.9 Å². The minimum Gasteiger partial charge on any atom is -0.349 e. The fourth-order valence-electron chi connectivity index (χ4n) is 1.36. The average Bonchev–Trinajstić information content (AvgIpc) is 2.42. The van der Waals surface area contributed by atoms with E-state index in [2.05, 4.69) is 9.69 Å². The van der Waals surface area contributed by atoms with Crippen molar-refractivity contribution in [2.24, 2.45) is 5.73 Å². The number of carbonyl (C=O) groups excluding carboxylic acids is 1. The number of hydrogen-bond donors (Lipinski definition) is 2. The predicted molar refractivity (Wildman–Crippen MR) is 46.1 cm³/mol. The van der Waals surface area contributed by atoms with Crippen molar-refractivity contribution < 1.29 is 4.79 Å². The van der Waals surface area contributed by atoms with Crippen LogP contribution in [0, 0.1) is 6.92 Å². The largest absolute Gasteiger partial charge is 0.349 e. The molecule has 0 saturated carbocycles. The molecule has 0 fully saturated rings. The Labute approximate surface area is 73.9 Å². The maximum Gasteiger partial charge on any atom is 0.263 e. The maximum absolute atomic E-state index is 11.2. The highest BCUT2D eigenvalue weighted by Crippen LogP contribution is 2.26. The van der Waals surface area contributed by atoms with Gasteiger partial charge in [-0.2, -0.15) is 4.37 Å². The van der Waals surface area contributed by atoms with Gasteiger partial charge in [-0.25, -0.2) is 0 Å². The summed E-state index contributed by atoms with van der Waals surface area (Å²) in [5.74, 6) is -0.0442. The molecule has 0 radical (unpaired) electrons. The Balaban J connectivity index is 2.57. The molecule has 1 unspecified atom stereocenters. The summed E-state index contributed by atoms with van der Waals surface area (Å²) in [7, 11) is 0. The van der Waals surface area contributed by atoms with Crippen LogP contribution in [-0.2, 0) is 0 Å². The third kappa shape index (κ3) is 0.937. The first-order valence-corrected chi connectivity index (χ1v) is 4.47. The Morgan fingerprint density at radius 1 is 1.75 bits per heavy atom. The van der Waals surface area contributed by atoms with Gasteiger partial charge in [0.15, 0.2) is 0 Å². The second-order valence-corrected chi connectivity index (χ2v) is 3.60. The van der Waals surface area contributed by atoms with E-state index in [4.69, 9.17) is 5.73 Å². The first kappa shape index (κ1) is 7.70. The lowest BCUT2D eigenvalue weighted by Crippen LogP contribution is -2.37. The standard InChI is InChI=1S/C7H9N3OS/c1-3-5-4(8)2-9-7(11)6(5)12-10-3/h4H,2,8H2,1H3,(H,9,11). The van der Waals surface area contributed by atoms with Gasteiger partial charge in [-0.3, -0.25) is 4.79 Å². The molecule has 5 heteroatoms. The molecular formula is C7H9N3OS. The Morgan fingerprint density at radius 3 is 3.17 bits per heavy atom. The van der Waals surface area contributed by atoms with E-state index < -0.39 is 0 Å². The number of hydrogen-bond acceptors (Lipinski definition) is 4. The lowest BCUT2D eigenvalue weighted by atomic mass is 10.0. The van der Waals surface area contributed by atoms with Gasteiger partial charge in [0.2, 0.25) is 0 Å². The molecule has 3 N–H and O–H groups in total. The van der Waals surface area contributed by atoms with E-state index in [9.17, 15) is 4.79 Å². The molecule has 2 rings (SSSR count). The molecule has 4 nitrogen and oxygen atoms in total. The van der Waals surface area contributed by atoms with Crippen LogP contribution < -0.4 is 11.1 Å². The van der Waals surface area contributed by atoms with Crippen molar-refractivity contribution >= 4 is 17.4 Å². The lowest BCUT2D eigenvalue weighted by Gasteiger charge is -2.18. The number of nitrogens with one attached hydrogen (secondary N) is 1. The fraction of sp³-hybridized carbons (Fsp3) is 0.429. The average molecular weight is 183 g/mol. The summed E-state index contributed by atoms with van der Waals surface area (Å²) in [6.07, 6.45) is 0. The van der Waals surface area contributed by atoms with E-state index in [1.54, 1.807) is 0 Å². The van der Waals surface area contributed by atoms with Gasteiger partial charge >= 0.3 is 0 Å². The summed E-state index contributed by atoms with van der Waals surface area (Å²) >= 11 is 1.22. The van der Waals surface area contributed by atoms with Crippen molar-refractivity contribution in [1.29, 1.82) is 0 Å². The molecule has 64 valence electrons. The van der Waals surface area contributed by atoms with Crippen LogP contribution in [0.5, 0.6) is 0 Å². The van der Waals surface area contributed by atoms with Crippen LogP contribution in [0.2, 0.25) is 0 Å². The highest BCUT2D eigenvalue weighted by molar-refractivity contribution is 7.08. The molecule has 0 aliphatic carbocycles. The third-order valence-electron chi connectivity index (χ3n) is 1.97. The molecule has 1 aromatic rings. The van der Waals surface area contributed by atoms with Gasteiger partial charge < -0.3 is 11.1 Å². The summed E-state index contributed by atoms with van der Waals surface area (Å²) in [5.41, 5.74) is 7.61. The minimum absolute atomic E-state index is 0.0442. The maximum atomic E-state index is 11.2. The molecule has 0 aromatic carbocycles. The van der Waals surface area contributed by atoms with Crippen LogP contribution in [-0.4, -0.2) is 16.8 Å². The number of nitrogens with zero attached hydrogens (tertiary/aromatic N) is 1. The van der Waals surface area contributed by atoms with E-state index >= 15 is 0 Å². The van der Waals surface area contributed by atoms with E-state index in [0.29, 0.717) is 11.4 Å². The van der Waals surface area contributed by atoms with Gasteiger partial charge in [0.1, 0.15) is 4.88 Å². The number of rotatable bonds is 0. The Bertz CT molecular complexity index is 333. The number of aromatic nitrogens is 1. The fourth-order valence-corrected chi connectivity index (χ4v) is 2.24. The molecule has 0 spiro atoms. The monoisotopic (exact) mass is 183 g/mol. The molecule has 2 heterocycles. The molecule has 1 amide bonds. The topological polar surface area (TPSA) is 68.0 Å². The Kier molecular flexibility index (Phi) is 1.62. The van der Waals surface area contributed by atoms with Gasteiger partial charge in [-0.15, -0.1) is 0 Å². The van der Waals surface area contributed by atoms with Crippen LogP contribution in [0.1, 0.15) is 27.0 Å². The highest BCUT2D eigenvalue weighted by atomic mass is 32.1. The van der Waals surface area contributed by atoms with E-state index in [1.807, 2.05) is 6.92 Å². The number of carbonyl (C=O) groups is 1. The number of fused-ring (bicyclic) bond motifs is 1. The van der Waals surface area contributed by atoms with Gasteiger partial charge in [-0.1, -0.05) is 0 Å². The Hall–Kier alpha value is -0.940. The summed E-state index contributed by atoms with van der Waals surface area (Å²) in [6.45, 7) is 2.40. The van der Waals surface area contributed by atoms with Gasteiger partial charge in [0, 0.05) is 12.1 Å². The highest BCUT2D eigenvalue weighted by Gasteiger charge is 2.26. The summed E-state index contributed by atoms with van der Waals surface area (Å²) in [6, 6.07) is -0.0866. The summed E-state index contributed by atoms with van der Waals surface area (Å²) < 4.78 is 4.10. The van der Waals surface area contributed by atoms with Crippen molar-refractivity contribution in [3.63, 3.8) is 0 Å². The quantitative estimate of drug-likeness (QED) is 0.603. The van der Waals surface area contributed by atoms with Gasteiger partial charge in [-0.05, 0) is 18.5 Å². The lowest BCUT2D eigenvalue weighted by molar-refractivity contribution is 0.0945. The molecule has 1 atom stereocenters. The molecular weight excluding hydrogens is 174 g/mol. The van der Waals surface area contributed by atoms with Crippen molar-refractivity contribution in [1.82, 2.24) is 9.69 Å². The second kappa shape index (κ2) is 2.53.